The Morgan fingerprint density at radius 2 is 2.25 bits per heavy atom. The van der Waals surface area contributed by atoms with Crippen LogP contribution in [0.3, 0.4) is 0 Å². The molecule has 0 saturated heterocycles. The fourth-order valence-corrected chi connectivity index (χ4v) is 1.50. The van der Waals surface area contributed by atoms with Gasteiger partial charge in [-0.1, -0.05) is 6.07 Å². The van der Waals surface area contributed by atoms with E-state index in [9.17, 15) is 5.11 Å². The molecule has 0 aliphatic heterocycles. The minimum Gasteiger partial charge on any atom is -0.504 e. The van der Waals surface area contributed by atoms with E-state index in [4.69, 9.17) is 4.74 Å². The summed E-state index contributed by atoms with van der Waals surface area (Å²) in [5.41, 5.74) is 1.11. The quantitative estimate of drug-likeness (QED) is 0.781. The van der Waals surface area contributed by atoms with Gasteiger partial charge < -0.3 is 9.84 Å². The third kappa shape index (κ3) is 2.08. The van der Waals surface area contributed by atoms with Gasteiger partial charge in [-0.15, -0.1) is 0 Å². The first-order chi connectivity index (χ1) is 5.77. The Morgan fingerprint density at radius 3 is 2.75 bits per heavy atom. The van der Waals surface area contributed by atoms with E-state index < -0.39 is 0 Å². The smallest absolute Gasteiger partial charge is 0.160 e. The molecule has 0 aliphatic rings. The molecule has 0 saturated carbocycles. The molecule has 0 aliphatic carbocycles. The molecule has 0 aromatic heterocycles. The maximum Gasteiger partial charge on any atom is 0.160 e. The standard InChI is InChI=1S/C9H12O2S/c1-11-9-4-3-7(6-12-2)5-8(9)10/h3-5,10H,6H2,1-2H3. The van der Waals surface area contributed by atoms with Crippen LogP contribution < -0.4 is 4.74 Å². The number of hydrogen-bond acceptors (Lipinski definition) is 3. The van der Waals surface area contributed by atoms with Crippen molar-refractivity contribution in [2.45, 2.75) is 5.75 Å². The van der Waals surface area contributed by atoms with Gasteiger partial charge >= 0.3 is 0 Å². The largest absolute Gasteiger partial charge is 0.504 e. The van der Waals surface area contributed by atoms with Crippen LogP contribution in [0.25, 0.3) is 0 Å². The summed E-state index contributed by atoms with van der Waals surface area (Å²) in [6, 6.07) is 5.46. The minimum atomic E-state index is 0.212. The highest BCUT2D eigenvalue weighted by atomic mass is 32.2. The molecular formula is C9H12O2S. The maximum atomic E-state index is 9.38. The van der Waals surface area contributed by atoms with E-state index in [1.807, 2.05) is 12.3 Å². The second-order valence-corrected chi connectivity index (χ2v) is 3.31. The summed E-state index contributed by atoms with van der Waals surface area (Å²) in [4.78, 5) is 0. The van der Waals surface area contributed by atoms with Crippen LogP contribution in [0.1, 0.15) is 5.56 Å². The Balaban J connectivity index is 2.86. The molecule has 1 N–H and O–H groups in total. The lowest BCUT2D eigenvalue weighted by atomic mass is 10.2. The number of phenols is 1. The zero-order valence-corrected chi connectivity index (χ0v) is 8.02. The lowest BCUT2D eigenvalue weighted by Gasteiger charge is -2.04. The molecule has 0 radical (unpaired) electrons. The minimum absolute atomic E-state index is 0.212. The fraction of sp³-hybridized carbons (Fsp3) is 0.333. The average molecular weight is 184 g/mol. The van der Waals surface area contributed by atoms with Crippen molar-refractivity contribution in [1.82, 2.24) is 0 Å². The van der Waals surface area contributed by atoms with Crippen LogP contribution in [0.15, 0.2) is 18.2 Å². The zero-order chi connectivity index (χ0) is 8.97. The van der Waals surface area contributed by atoms with E-state index >= 15 is 0 Å². The number of aromatic hydroxyl groups is 1. The summed E-state index contributed by atoms with van der Waals surface area (Å²) in [5.74, 6) is 1.65. The fourth-order valence-electron chi connectivity index (χ4n) is 0.992. The summed E-state index contributed by atoms with van der Waals surface area (Å²) in [5, 5.41) is 9.38. The first kappa shape index (κ1) is 9.26. The van der Waals surface area contributed by atoms with Crippen LogP contribution in [0.4, 0.5) is 0 Å². The summed E-state index contributed by atoms with van der Waals surface area (Å²) in [7, 11) is 1.54. The molecule has 1 aromatic carbocycles. The second-order valence-electron chi connectivity index (χ2n) is 2.44. The summed E-state index contributed by atoms with van der Waals surface area (Å²) < 4.78 is 4.92. The third-order valence-electron chi connectivity index (χ3n) is 1.55. The normalized spacial score (nSPS) is 9.83. The Labute approximate surface area is 76.6 Å². The highest BCUT2D eigenvalue weighted by Crippen LogP contribution is 2.27. The van der Waals surface area contributed by atoms with Crippen LogP contribution in [0.5, 0.6) is 11.5 Å². The van der Waals surface area contributed by atoms with Crippen molar-refractivity contribution in [3.63, 3.8) is 0 Å². The molecule has 0 bridgehead atoms. The molecule has 66 valence electrons. The van der Waals surface area contributed by atoms with Crippen LogP contribution in [-0.2, 0) is 5.75 Å². The number of hydrogen-bond donors (Lipinski definition) is 1. The maximum absolute atomic E-state index is 9.38. The van der Waals surface area contributed by atoms with Gasteiger partial charge in [-0.2, -0.15) is 11.8 Å². The number of rotatable bonds is 3. The van der Waals surface area contributed by atoms with Gasteiger partial charge in [0.1, 0.15) is 0 Å². The number of methoxy groups -OCH3 is 1. The number of ether oxygens (including phenoxy) is 1. The predicted molar refractivity (Wildman–Crippen MR) is 51.9 cm³/mol. The summed E-state index contributed by atoms with van der Waals surface area (Å²) in [6.07, 6.45) is 2.03. The monoisotopic (exact) mass is 184 g/mol. The zero-order valence-electron chi connectivity index (χ0n) is 7.20. The van der Waals surface area contributed by atoms with Crippen molar-refractivity contribution < 1.29 is 9.84 Å². The molecule has 12 heavy (non-hydrogen) atoms. The van der Waals surface area contributed by atoms with E-state index in [0.29, 0.717) is 5.75 Å². The first-order valence-corrected chi connectivity index (χ1v) is 5.02. The highest BCUT2D eigenvalue weighted by molar-refractivity contribution is 7.97. The molecule has 0 fully saturated rings. The Bertz CT molecular complexity index is 261. The summed E-state index contributed by atoms with van der Waals surface area (Å²) >= 11 is 1.72. The molecule has 0 atom stereocenters. The van der Waals surface area contributed by atoms with Gasteiger partial charge in [-0.25, -0.2) is 0 Å². The van der Waals surface area contributed by atoms with Crippen molar-refractivity contribution in [1.29, 1.82) is 0 Å². The van der Waals surface area contributed by atoms with Crippen LogP contribution >= 0.6 is 11.8 Å². The molecular weight excluding hydrogens is 172 g/mol. The SMILES string of the molecule is COc1ccc(CSC)cc1O. The van der Waals surface area contributed by atoms with Crippen LogP contribution in [0.2, 0.25) is 0 Å². The van der Waals surface area contributed by atoms with E-state index in [0.717, 1.165) is 11.3 Å². The van der Waals surface area contributed by atoms with Crippen molar-refractivity contribution in [3.05, 3.63) is 23.8 Å². The van der Waals surface area contributed by atoms with Gasteiger partial charge in [-0.3, -0.25) is 0 Å². The predicted octanol–water partition coefficient (Wildman–Crippen LogP) is 2.26. The van der Waals surface area contributed by atoms with Gasteiger partial charge in [0, 0.05) is 5.75 Å². The number of thioether (sulfide) groups is 1. The average Bonchev–Trinajstić information content (AvgIpc) is 2.05. The van der Waals surface area contributed by atoms with Crippen molar-refractivity contribution in [3.8, 4) is 11.5 Å². The van der Waals surface area contributed by atoms with Gasteiger partial charge in [0.2, 0.25) is 0 Å². The Morgan fingerprint density at radius 1 is 1.50 bits per heavy atom. The molecule has 1 aromatic rings. The highest BCUT2D eigenvalue weighted by Gasteiger charge is 2.00. The van der Waals surface area contributed by atoms with Crippen molar-refractivity contribution in [2.75, 3.05) is 13.4 Å². The van der Waals surface area contributed by atoms with Gasteiger partial charge in [-0.05, 0) is 24.0 Å². The van der Waals surface area contributed by atoms with E-state index in [1.54, 1.807) is 31.0 Å². The third-order valence-corrected chi connectivity index (χ3v) is 2.18. The molecule has 1 rings (SSSR count). The Hall–Kier alpha value is -0.830. The van der Waals surface area contributed by atoms with Crippen molar-refractivity contribution >= 4 is 11.8 Å². The van der Waals surface area contributed by atoms with Gasteiger partial charge in [0.05, 0.1) is 7.11 Å². The van der Waals surface area contributed by atoms with E-state index in [1.165, 1.54) is 0 Å². The molecule has 0 heterocycles. The lowest BCUT2D eigenvalue weighted by Crippen LogP contribution is -1.85. The van der Waals surface area contributed by atoms with Crippen LogP contribution in [0, 0.1) is 0 Å². The van der Waals surface area contributed by atoms with Gasteiger partial charge in [0.15, 0.2) is 11.5 Å². The first-order valence-electron chi connectivity index (χ1n) is 3.62. The molecule has 2 nitrogen and oxygen atoms in total. The lowest BCUT2D eigenvalue weighted by molar-refractivity contribution is 0.373. The van der Waals surface area contributed by atoms with E-state index in [2.05, 4.69) is 0 Å². The van der Waals surface area contributed by atoms with Crippen LogP contribution in [-0.4, -0.2) is 18.5 Å². The molecule has 0 amide bonds. The molecule has 3 heteroatoms. The van der Waals surface area contributed by atoms with Gasteiger partial charge in [0.25, 0.3) is 0 Å². The number of benzene rings is 1. The van der Waals surface area contributed by atoms with Crippen molar-refractivity contribution in [2.24, 2.45) is 0 Å². The molecule has 0 spiro atoms. The number of phenolic OH excluding ortho intramolecular Hbond substituents is 1. The summed E-state index contributed by atoms with van der Waals surface area (Å²) in [6.45, 7) is 0. The Kier molecular flexibility index (Phi) is 3.29. The topological polar surface area (TPSA) is 29.5 Å². The van der Waals surface area contributed by atoms with E-state index in [-0.39, 0.29) is 5.75 Å². The molecule has 0 unspecified atom stereocenters. The second kappa shape index (κ2) is 4.26.